The second kappa shape index (κ2) is 6.93. The highest BCUT2D eigenvalue weighted by Gasteiger charge is 2.31. The van der Waals surface area contributed by atoms with Crippen LogP contribution in [0.25, 0.3) is 0 Å². The van der Waals surface area contributed by atoms with Crippen LogP contribution in [0.1, 0.15) is 45.6 Å². The number of amides is 1. The van der Waals surface area contributed by atoms with Crippen molar-refractivity contribution >= 4 is 17.7 Å². The average molecular weight is 325 g/mol. The van der Waals surface area contributed by atoms with Crippen molar-refractivity contribution in [2.24, 2.45) is 0 Å². The Bertz CT molecular complexity index is 506. The monoisotopic (exact) mass is 325 g/mol. The van der Waals surface area contributed by atoms with Crippen molar-refractivity contribution < 1.29 is 4.79 Å². The summed E-state index contributed by atoms with van der Waals surface area (Å²) in [5.74, 6) is 0.350. The summed E-state index contributed by atoms with van der Waals surface area (Å²) in [6.07, 6.45) is 4.71. The van der Waals surface area contributed by atoms with Gasteiger partial charge in [0.2, 0.25) is 11.1 Å². The summed E-state index contributed by atoms with van der Waals surface area (Å²) in [5.41, 5.74) is 6.27. The molecule has 1 aliphatic heterocycles. The summed E-state index contributed by atoms with van der Waals surface area (Å²) >= 11 is 1.41. The lowest BCUT2D eigenvalue weighted by Gasteiger charge is -2.19. The topological polar surface area (TPSA) is 96.8 Å². The van der Waals surface area contributed by atoms with Gasteiger partial charge >= 0.3 is 0 Å². The maximum absolute atomic E-state index is 12.2. The minimum atomic E-state index is 0.0140. The molecule has 22 heavy (non-hydrogen) atoms. The van der Waals surface area contributed by atoms with Crippen molar-refractivity contribution in [3.05, 3.63) is 0 Å². The minimum Gasteiger partial charge on any atom is -0.349 e. The number of carbonyl (C=O) groups is 1. The second-order valence-electron chi connectivity index (χ2n) is 6.09. The number of tetrazole rings is 1. The minimum absolute atomic E-state index is 0.0140. The van der Waals surface area contributed by atoms with E-state index in [0.717, 1.165) is 18.0 Å². The van der Waals surface area contributed by atoms with E-state index in [-0.39, 0.29) is 24.0 Å². The molecule has 2 fully saturated rings. The molecule has 0 aromatic carbocycles. The van der Waals surface area contributed by atoms with Gasteiger partial charge < -0.3 is 5.32 Å². The van der Waals surface area contributed by atoms with Crippen molar-refractivity contribution in [2.75, 3.05) is 5.75 Å². The smallest absolute Gasteiger partial charge is 0.230 e. The van der Waals surface area contributed by atoms with Gasteiger partial charge in [-0.2, -0.15) is 0 Å². The fourth-order valence-electron chi connectivity index (χ4n) is 3.14. The van der Waals surface area contributed by atoms with Crippen LogP contribution >= 0.6 is 11.8 Å². The van der Waals surface area contributed by atoms with Crippen LogP contribution in [-0.2, 0) is 4.79 Å². The maximum atomic E-state index is 12.2. The van der Waals surface area contributed by atoms with Crippen LogP contribution in [0.3, 0.4) is 0 Å². The van der Waals surface area contributed by atoms with E-state index in [1.165, 1.54) is 24.6 Å². The maximum Gasteiger partial charge on any atom is 0.230 e. The molecule has 1 amide bonds. The van der Waals surface area contributed by atoms with Gasteiger partial charge in [0.1, 0.15) is 0 Å². The number of hydrogen-bond donors (Lipinski definition) is 3. The molecule has 122 valence electrons. The molecule has 3 N–H and O–H groups in total. The molecule has 2 unspecified atom stereocenters. The lowest BCUT2D eigenvalue weighted by molar-refractivity contribution is -0.119. The molecule has 1 saturated carbocycles. The van der Waals surface area contributed by atoms with Gasteiger partial charge in [-0.25, -0.2) is 4.68 Å². The highest BCUT2D eigenvalue weighted by molar-refractivity contribution is 7.99. The van der Waals surface area contributed by atoms with E-state index in [1.807, 2.05) is 4.68 Å². The molecule has 3 rings (SSSR count). The molecular weight excluding hydrogens is 302 g/mol. The molecule has 1 aromatic rings. The number of nitrogens with one attached hydrogen (secondary N) is 3. The zero-order chi connectivity index (χ0) is 15.5. The molecule has 0 radical (unpaired) electrons. The van der Waals surface area contributed by atoms with Crippen LogP contribution < -0.4 is 16.2 Å². The summed E-state index contributed by atoms with van der Waals surface area (Å²) in [6, 6.07) is 0.920. The number of thioether (sulfide) groups is 1. The molecule has 0 bridgehead atoms. The predicted molar refractivity (Wildman–Crippen MR) is 83.2 cm³/mol. The summed E-state index contributed by atoms with van der Waals surface area (Å²) in [4.78, 5) is 12.2. The molecular formula is C13H23N7OS. The van der Waals surface area contributed by atoms with Crippen LogP contribution in [0.2, 0.25) is 0 Å². The molecule has 1 aliphatic carbocycles. The number of hydrogen-bond acceptors (Lipinski definition) is 7. The van der Waals surface area contributed by atoms with Crippen LogP contribution in [0.5, 0.6) is 0 Å². The number of carbonyl (C=O) groups excluding carboxylic acids is 1. The van der Waals surface area contributed by atoms with Crippen molar-refractivity contribution in [1.82, 2.24) is 36.4 Å². The lowest BCUT2D eigenvalue weighted by Crippen LogP contribution is -2.47. The van der Waals surface area contributed by atoms with E-state index in [2.05, 4.69) is 45.5 Å². The van der Waals surface area contributed by atoms with Crippen molar-refractivity contribution in [1.29, 1.82) is 0 Å². The molecule has 0 spiro atoms. The Balaban J connectivity index is 1.52. The SMILES string of the molecule is CC1NNC(C)C1NC(=O)CSc1nnnn1C1CCCC1. The molecule has 1 aromatic heterocycles. The Kier molecular flexibility index (Phi) is 4.94. The third kappa shape index (κ3) is 3.41. The molecule has 2 atom stereocenters. The van der Waals surface area contributed by atoms with Gasteiger partial charge in [0.05, 0.1) is 17.8 Å². The summed E-state index contributed by atoms with van der Waals surface area (Å²) < 4.78 is 1.88. The third-order valence-electron chi connectivity index (χ3n) is 4.41. The molecule has 1 saturated heterocycles. The van der Waals surface area contributed by atoms with E-state index in [0.29, 0.717) is 11.8 Å². The van der Waals surface area contributed by atoms with E-state index in [1.54, 1.807) is 0 Å². The number of aromatic nitrogens is 4. The molecule has 2 aliphatic rings. The molecule has 8 nitrogen and oxygen atoms in total. The fourth-order valence-corrected chi connectivity index (χ4v) is 3.90. The van der Waals surface area contributed by atoms with Gasteiger partial charge in [0.25, 0.3) is 0 Å². The molecule has 2 heterocycles. The Morgan fingerprint density at radius 2 is 2.00 bits per heavy atom. The predicted octanol–water partition coefficient (Wildman–Crippen LogP) is 0.250. The van der Waals surface area contributed by atoms with Crippen molar-refractivity contribution in [3.8, 4) is 0 Å². The van der Waals surface area contributed by atoms with E-state index in [9.17, 15) is 4.79 Å². The second-order valence-corrected chi connectivity index (χ2v) is 7.03. The van der Waals surface area contributed by atoms with Gasteiger partial charge in [-0.05, 0) is 37.1 Å². The highest BCUT2D eigenvalue weighted by atomic mass is 32.2. The van der Waals surface area contributed by atoms with Crippen molar-refractivity contribution in [2.45, 2.75) is 68.9 Å². The van der Waals surface area contributed by atoms with Crippen LogP contribution in [0.15, 0.2) is 5.16 Å². The Morgan fingerprint density at radius 3 is 2.68 bits per heavy atom. The standard InChI is InChI=1S/C13H23N7OS/c1-8-12(9(2)16-15-8)14-11(21)7-22-13-17-18-19-20(13)10-5-3-4-6-10/h8-10,12,15-16H,3-7H2,1-2H3,(H,14,21). The van der Waals surface area contributed by atoms with Crippen LogP contribution in [-0.4, -0.2) is 50.0 Å². The lowest BCUT2D eigenvalue weighted by atomic mass is 10.1. The first kappa shape index (κ1) is 15.7. The third-order valence-corrected chi connectivity index (χ3v) is 5.34. The Labute approximate surface area is 134 Å². The van der Waals surface area contributed by atoms with Gasteiger partial charge in [0.15, 0.2) is 0 Å². The first-order valence-corrected chi connectivity index (χ1v) is 8.85. The Hall–Kier alpha value is -1.19. The zero-order valence-corrected chi connectivity index (χ0v) is 13.8. The highest BCUT2D eigenvalue weighted by Crippen LogP contribution is 2.31. The summed E-state index contributed by atoms with van der Waals surface area (Å²) in [5, 5.41) is 15.7. The normalized spacial score (nSPS) is 29.1. The molecule has 9 heteroatoms. The first-order valence-electron chi connectivity index (χ1n) is 7.86. The van der Waals surface area contributed by atoms with E-state index in [4.69, 9.17) is 0 Å². The van der Waals surface area contributed by atoms with Crippen LogP contribution in [0, 0.1) is 0 Å². The fraction of sp³-hybridized carbons (Fsp3) is 0.846. The van der Waals surface area contributed by atoms with Crippen LogP contribution in [0.4, 0.5) is 0 Å². The van der Waals surface area contributed by atoms with Gasteiger partial charge in [-0.3, -0.25) is 15.6 Å². The quantitative estimate of drug-likeness (QED) is 0.668. The number of hydrazine groups is 1. The largest absolute Gasteiger partial charge is 0.349 e. The van der Waals surface area contributed by atoms with Gasteiger partial charge in [-0.1, -0.05) is 24.6 Å². The van der Waals surface area contributed by atoms with E-state index >= 15 is 0 Å². The average Bonchev–Trinajstić information content (AvgIpc) is 3.21. The first-order chi connectivity index (χ1) is 10.6. The summed E-state index contributed by atoms with van der Waals surface area (Å²) in [7, 11) is 0. The van der Waals surface area contributed by atoms with Crippen molar-refractivity contribution in [3.63, 3.8) is 0 Å². The summed E-state index contributed by atoms with van der Waals surface area (Å²) in [6.45, 7) is 4.10. The van der Waals surface area contributed by atoms with E-state index < -0.39 is 0 Å². The Morgan fingerprint density at radius 1 is 1.32 bits per heavy atom. The zero-order valence-electron chi connectivity index (χ0n) is 13.0. The number of rotatable bonds is 5. The van der Waals surface area contributed by atoms with Gasteiger partial charge in [-0.15, -0.1) is 5.10 Å². The van der Waals surface area contributed by atoms with Gasteiger partial charge in [0, 0.05) is 12.1 Å². The number of nitrogens with zero attached hydrogens (tertiary/aromatic N) is 4.